The average Bonchev–Trinajstić information content (AvgIpc) is 2.65. The van der Waals surface area contributed by atoms with Crippen LogP contribution in [-0.4, -0.2) is 40.2 Å². The second-order valence-corrected chi connectivity index (χ2v) is 7.19. The summed E-state index contributed by atoms with van der Waals surface area (Å²) in [5.74, 6) is 0.130. The van der Waals surface area contributed by atoms with Crippen molar-refractivity contribution in [2.45, 2.75) is 17.5 Å². The molecule has 0 fully saturated rings. The van der Waals surface area contributed by atoms with Gasteiger partial charge in [-0.2, -0.15) is 0 Å². The molecule has 1 aliphatic rings. The molecule has 1 aromatic heterocycles. The molecule has 1 aromatic carbocycles. The van der Waals surface area contributed by atoms with Gasteiger partial charge in [0.1, 0.15) is 6.10 Å². The van der Waals surface area contributed by atoms with Crippen LogP contribution in [0.25, 0.3) is 0 Å². The molecule has 0 N–H and O–H groups in total. The molecule has 2 aromatic rings. The molecule has 0 saturated heterocycles. The number of hydrogen-bond acceptors (Lipinski definition) is 5. The van der Waals surface area contributed by atoms with Crippen LogP contribution in [0.3, 0.4) is 0 Å². The first-order valence-corrected chi connectivity index (χ1v) is 8.70. The Morgan fingerprint density at radius 1 is 1.35 bits per heavy atom. The van der Waals surface area contributed by atoms with Gasteiger partial charge in [0.2, 0.25) is 4.90 Å². The Morgan fingerprint density at radius 3 is 2.87 bits per heavy atom. The van der Waals surface area contributed by atoms with Crippen molar-refractivity contribution in [3.63, 3.8) is 0 Å². The van der Waals surface area contributed by atoms with Crippen molar-refractivity contribution in [2.75, 3.05) is 20.3 Å². The number of methoxy groups -OCH3 is 1. The smallest absolute Gasteiger partial charge is 0.272 e. The Bertz CT molecular complexity index is 710. The van der Waals surface area contributed by atoms with Crippen LogP contribution in [0.5, 0.6) is 5.88 Å². The van der Waals surface area contributed by atoms with Gasteiger partial charge in [-0.05, 0) is 11.6 Å². The van der Waals surface area contributed by atoms with Crippen LogP contribution in [0, 0.1) is 0 Å². The van der Waals surface area contributed by atoms with Gasteiger partial charge >= 0.3 is 0 Å². The van der Waals surface area contributed by atoms with Crippen LogP contribution < -0.4 is 4.74 Å². The van der Waals surface area contributed by atoms with Gasteiger partial charge in [-0.3, -0.25) is 0 Å². The first kappa shape index (κ1) is 16.1. The highest BCUT2D eigenvalue weighted by molar-refractivity contribution is 7.95. The van der Waals surface area contributed by atoms with E-state index in [4.69, 9.17) is 9.47 Å². The number of hydrogen-bond donors (Lipinski definition) is 0. The van der Waals surface area contributed by atoms with Crippen LogP contribution in [-0.2, 0) is 25.9 Å². The lowest BCUT2D eigenvalue weighted by molar-refractivity contribution is 0.0660. The van der Waals surface area contributed by atoms with E-state index in [9.17, 15) is 8.76 Å². The van der Waals surface area contributed by atoms with E-state index < -0.39 is 16.5 Å². The van der Waals surface area contributed by atoms with E-state index >= 15 is 0 Å². The van der Waals surface area contributed by atoms with Crippen molar-refractivity contribution in [1.29, 1.82) is 0 Å². The summed E-state index contributed by atoms with van der Waals surface area (Å²) in [4.78, 5) is 4.16. The molecule has 0 aliphatic carbocycles. The molecular weight excluding hydrogens is 316 g/mol. The van der Waals surface area contributed by atoms with E-state index in [2.05, 4.69) is 4.98 Å². The molecule has 7 heteroatoms. The topological polar surface area (TPSA) is 74.7 Å². The molecular formula is C16H18N2O4S. The monoisotopic (exact) mass is 334 g/mol. The average molecular weight is 334 g/mol. The molecule has 2 heterocycles. The number of rotatable bonds is 4. The summed E-state index contributed by atoms with van der Waals surface area (Å²) in [5, 5.41) is 0. The molecule has 0 radical (unpaired) electrons. The molecule has 2 atom stereocenters. The number of fused-ring (bicyclic) bond motifs is 1. The van der Waals surface area contributed by atoms with Crippen LogP contribution in [0.1, 0.15) is 5.56 Å². The summed E-state index contributed by atoms with van der Waals surface area (Å²) in [5.41, 5.74) is 0.916. The number of aromatic nitrogens is 1. The van der Waals surface area contributed by atoms with Crippen molar-refractivity contribution < 1.29 is 18.2 Å². The molecule has 0 bridgehead atoms. The molecule has 0 spiro atoms. The summed E-state index contributed by atoms with van der Waals surface area (Å²) >= 11 is 0. The van der Waals surface area contributed by atoms with Crippen molar-refractivity contribution >= 4 is 10.4 Å². The Kier molecular flexibility index (Phi) is 4.72. The zero-order chi connectivity index (χ0) is 16.3. The molecule has 23 heavy (non-hydrogen) atoms. The predicted molar refractivity (Wildman–Crippen MR) is 84.5 cm³/mol. The first-order chi connectivity index (χ1) is 11.1. The SMILES string of the molecule is COCC1CN(Cc2ccccc2)[S+](=O)([O-])c2cccnc2O1. The fourth-order valence-corrected chi connectivity index (χ4v) is 4.06. The summed E-state index contributed by atoms with van der Waals surface area (Å²) in [6.45, 7) is 0.777. The van der Waals surface area contributed by atoms with Gasteiger partial charge in [0, 0.05) is 19.4 Å². The lowest BCUT2D eigenvalue weighted by atomic mass is 10.2. The third-order valence-electron chi connectivity index (χ3n) is 3.59. The molecule has 3 rings (SSSR count). The van der Waals surface area contributed by atoms with Gasteiger partial charge in [-0.25, -0.2) is 4.98 Å². The van der Waals surface area contributed by atoms with E-state index in [0.717, 1.165) is 5.56 Å². The predicted octanol–water partition coefficient (Wildman–Crippen LogP) is 1.90. The fraction of sp³-hybridized carbons (Fsp3) is 0.312. The maximum absolute atomic E-state index is 12.9. The highest BCUT2D eigenvalue weighted by Crippen LogP contribution is 2.33. The minimum atomic E-state index is -3.68. The van der Waals surface area contributed by atoms with Gasteiger partial charge in [-0.1, -0.05) is 34.5 Å². The first-order valence-electron chi connectivity index (χ1n) is 7.26. The summed E-state index contributed by atoms with van der Waals surface area (Å²) < 4.78 is 38.2. The Labute approximate surface area is 136 Å². The number of pyridine rings is 1. The fourth-order valence-electron chi connectivity index (χ4n) is 2.53. The second kappa shape index (κ2) is 6.76. The van der Waals surface area contributed by atoms with E-state index in [1.165, 1.54) is 16.6 Å². The Balaban J connectivity index is 1.98. The summed E-state index contributed by atoms with van der Waals surface area (Å²) in [7, 11) is -2.12. The lowest BCUT2D eigenvalue weighted by Crippen LogP contribution is -2.41. The Hall–Kier alpha value is -1.80. The quantitative estimate of drug-likeness (QED) is 0.798. The molecule has 0 saturated carbocycles. The van der Waals surface area contributed by atoms with Crippen LogP contribution in [0.2, 0.25) is 0 Å². The van der Waals surface area contributed by atoms with Crippen molar-refractivity contribution in [3.8, 4) is 5.88 Å². The van der Waals surface area contributed by atoms with Gasteiger partial charge in [0.05, 0.1) is 19.7 Å². The highest BCUT2D eigenvalue weighted by Gasteiger charge is 2.40. The van der Waals surface area contributed by atoms with Crippen LogP contribution in [0.15, 0.2) is 53.6 Å². The molecule has 122 valence electrons. The van der Waals surface area contributed by atoms with E-state index in [1.54, 1.807) is 13.2 Å². The molecule has 2 unspecified atom stereocenters. The van der Waals surface area contributed by atoms with Gasteiger partial charge < -0.3 is 14.0 Å². The van der Waals surface area contributed by atoms with E-state index in [-0.39, 0.29) is 30.5 Å². The number of benzene rings is 1. The lowest BCUT2D eigenvalue weighted by Gasteiger charge is -2.26. The zero-order valence-electron chi connectivity index (χ0n) is 12.8. The van der Waals surface area contributed by atoms with E-state index in [0.29, 0.717) is 0 Å². The molecule has 1 aliphatic heterocycles. The zero-order valence-corrected chi connectivity index (χ0v) is 13.6. The van der Waals surface area contributed by atoms with Crippen LogP contribution >= 0.6 is 0 Å². The van der Waals surface area contributed by atoms with Gasteiger partial charge in [0.15, 0.2) is 10.4 Å². The minimum Gasteiger partial charge on any atom is -0.593 e. The van der Waals surface area contributed by atoms with E-state index in [1.807, 2.05) is 30.3 Å². The largest absolute Gasteiger partial charge is 0.593 e. The summed E-state index contributed by atoms with van der Waals surface area (Å²) in [6.07, 6.45) is 1.11. The van der Waals surface area contributed by atoms with Crippen LogP contribution in [0.4, 0.5) is 0 Å². The van der Waals surface area contributed by atoms with Gasteiger partial charge in [0.25, 0.3) is 5.88 Å². The summed E-state index contributed by atoms with van der Waals surface area (Å²) in [6, 6.07) is 12.6. The van der Waals surface area contributed by atoms with Crippen molar-refractivity contribution in [3.05, 3.63) is 54.2 Å². The third kappa shape index (κ3) is 3.42. The van der Waals surface area contributed by atoms with Crippen molar-refractivity contribution in [2.24, 2.45) is 0 Å². The number of ether oxygens (including phenoxy) is 2. The Morgan fingerprint density at radius 2 is 2.13 bits per heavy atom. The van der Waals surface area contributed by atoms with Crippen molar-refractivity contribution in [1.82, 2.24) is 9.29 Å². The standard InChI is InChI=1S/C16H18N2O4S/c1-21-12-14-11-18(10-13-6-3-2-4-7-13)23(19,20)15-8-5-9-17-16(15)22-14/h2-9,14H,10-12H2,1H3. The number of nitrogens with zero attached hydrogens (tertiary/aromatic N) is 2. The maximum atomic E-state index is 12.9. The number of sulfonamides is 1. The molecule has 6 nitrogen and oxygen atoms in total. The highest BCUT2D eigenvalue weighted by atomic mass is 32.3. The third-order valence-corrected chi connectivity index (χ3v) is 5.42. The molecule has 0 amide bonds. The minimum absolute atomic E-state index is 0.0922. The normalized spacial score (nSPS) is 24.5. The maximum Gasteiger partial charge on any atom is 0.272 e. The van der Waals surface area contributed by atoms with Gasteiger partial charge in [-0.15, -0.1) is 4.31 Å². The second-order valence-electron chi connectivity index (χ2n) is 5.29.